The highest BCUT2D eigenvalue weighted by Crippen LogP contribution is 2.48. The maximum Gasteiger partial charge on any atom is 0.410 e. The maximum atomic E-state index is 13.8. The zero-order chi connectivity index (χ0) is 27.4. The van der Waals surface area contributed by atoms with Crippen LogP contribution in [0, 0.1) is 0 Å². The number of nitrogens with zero attached hydrogens (tertiary/aromatic N) is 4. The molecule has 1 saturated heterocycles. The van der Waals surface area contributed by atoms with Crippen LogP contribution in [-0.2, 0) is 24.1 Å². The zero-order valence-electron chi connectivity index (χ0n) is 21.9. The van der Waals surface area contributed by atoms with Gasteiger partial charge in [-0.3, -0.25) is 13.8 Å². The second-order valence-electron chi connectivity index (χ2n) is 11.3. The average molecular weight is 618 g/mol. The van der Waals surface area contributed by atoms with E-state index in [-0.39, 0.29) is 11.6 Å². The summed E-state index contributed by atoms with van der Waals surface area (Å²) in [4.78, 5) is 16.7. The largest absolute Gasteiger partial charge is 0.444 e. The van der Waals surface area contributed by atoms with Crippen molar-refractivity contribution < 1.29 is 27.4 Å². The molecule has 0 radical (unpaired) electrons. The van der Waals surface area contributed by atoms with Crippen LogP contribution in [0.1, 0.15) is 74.9 Å². The Kier molecular flexibility index (Phi) is 7.47. The summed E-state index contributed by atoms with van der Waals surface area (Å²) in [6.07, 6.45) is 0.398. The summed E-state index contributed by atoms with van der Waals surface area (Å²) in [5.41, 5.74) is 2.92. The number of rotatable bonds is 3. The second kappa shape index (κ2) is 10.3. The summed E-state index contributed by atoms with van der Waals surface area (Å²) in [7, 11) is -2.55. The van der Waals surface area contributed by atoms with Crippen molar-refractivity contribution in [2.45, 2.75) is 77.5 Å². The van der Waals surface area contributed by atoms with E-state index in [0.717, 1.165) is 35.3 Å². The molecule has 0 saturated carbocycles. The van der Waals surface area contributed by atoms with Gasteiger partial charge in [0.05, 0.1) is 12.6 Å². The number of hydrogen-bond acceptors (Lipinski definition) is 6. The van der Waals surface area contributed by atoms with E-state index in [1.165, 1.54) is 0 Å². The molecule has 1 fully saturated rings. The average Bonchev–Trinajstić information content (AvgIpc) is 3.20. The molecule has 8 nitrogen and oxygen atoms in total. The van der Waals surface area contributed by atoms with Gasteiger partial charge in [0.15, 0.2) is 5.82 Å². The molecule has 0 bridgehead atoms. The van der Waals surface area contributed by atoms with E-state index >= 15 is 0 Å². The van der Waals surface area contributed by atoms with E-state index in [9.17, 15) is 22.7 Å². The Bertz CT molecular complexity index is 1220. The van der Waals surface area contributed by atoms with E-state index < -0.39 is 28.7 Å². The van der Waals surface area contributed by atoms with Crippen molar-refractivity contribution in [3.05, 3.63) is 39.0 Å². The predicted octanol–water partition coefficient (Wildman–Crippen LogP) is 7.05. The molecule has 5 rings (SSSR count). The highest BCUT2D eigenvalue weighted by Gasteiger charge is 2.36. The molecule has 2 N–H and O–H groups in total. The third kappa shape index (κ3) is 5.55. The van der Waals surface area contributed by atoms with Crippen molar-refractivity contribution in [1.29, 1.82) is 0 Å². The number of alkyl halides is 2. The van der Waals surface area contributed by atoms with E-state index in [4.69, 9.17) is 9.84 Å². The van der Waals surface area contributed by atoms with Crippen LogP contribution in [0.2, 0.25) is 0 Å². The third-order valence-electron chi connectivity index (χ3n) is 7.43. The Hall–Kier alpha value is -1.89. The second-order valence-corrected chi connectivity index (χ2v) is 14.6. The number of carbonyl (C=O) groups excluding carboxylic acids is 1. The first-order chi connectivity index (χ1) is 17.8. The van der Waals surface area contributed by atoms with Gasteiger partial charge < -0.3 is 14.5 Å². The number of anilines is 2. The van der Waals surface area contributed by atoms with Crippen LogP contribution in [0.3, 0.4) is 0 Å². The van der Waals surface area contributed by atoms with Gasteiger partial charge in [-0.15, -0.1) is 0 Å². The number of hydrogen-bond donors (Lipinski definition) is 2. The molecule has 1 aromatic carbocycles. The number of aromatic nitrogens is 2. The third-order valence-corrected chi connectivity index (χ3v) is 9.89. The minimum Gasteiger partial charge on any atom is -0.444 e. The fraction of sp³-hybridized carbons (Fsp3) is 0.615. The molecule has 38 heavy (non-hydrogen) atoms. The molecular formula is C26H35BrF2N4O4S. The smallest absolute Gasteiger partial charge is 0.410 e. The number of aryl methyl sites for hydroxylation is 1. The molecular weight excluding hydrogens is 582 g/mol. The lowest BCUT2D eigenvalue weighted by Crippen LogP contribution is -2.40. The first-order valence-electron chi connectivity index (χ1n) is 13.0. The summed E-state index contributed by atoms with van der Waals surface area (Å²) >= 11 is 3.31. The molecule has 2 aromatic rings. The fourth-order valence-corrected chi connectivity index (χ4v) is 7.64. The molecule has 1 amide bonds. The van der Waals surface area contributed by atoms with Crippen LogP contribution in [-0.4, -0.2) is 60.1 Å². The molecule has 12 heteroatoms. The Labute approximate surface area is 231 Å². The van der Waals surface area contributed by atoms with Gasteiger partial charge in [-0.25, -0.2) is 13.6 Å². The van der Waals surface area contributed by atoms with Gasteiger partial charge in [0.25, 0.3) is 6.43 Å². The normalized spacial score (nSPS) is 20.8. The van der Waals surface area contributed by atoms with Crippen LogP contribution in [0.5, 0.6) is 0 Å². The van der Waals surface area contributed by atoms with Crippen molar-refractivity contribution in [2.75, 3.05) is 29.5 Å². The summed E-state index contributed by atoms with van der Waals surface area (Å²) < 4.78 is 56.0. The molecule has 0 atom stereocenters. The van der Waals surface area contributed by atoms with Gasteiger partial charge >= 0.3 is 6.09 Å². The first-order valence-corrected chi connectivity index (χ1v) is 15.7. The van der Waals surface area contributed by atoms with Gasteiger partial charge in [-0.2, -0.15) is 15.7 Å². The summed E-state index contributed by atoms with van der Waals surface area (Å²) in [6, 6.07) is 3.35. The van der Waals surface area contributed by atoms with Crippen molar-refractivity contribution in [3.8, 4) is 0 Å². The summed E-state index contributed by atoms with van der Waals surface area (Å²) in [5.74, 6) is 1.35. The van der Waals surface area contributed by atoms with Crippen LogP contribution >= 0.6 is 26.5 Å². The predicted molar refractivity (Wildman–Crippen MR) is 148 cm³/mol. The van der Waals surface area contributed by atoms with Crippen LogP contribution < -0.4 is 4.90 Å². The van der Waals surface area contributed by atoms with E-state index in [2.05, 4.69) is 15.9 Å². The lowest BCUT2D eigenvalue weighted by atomic mass is 9.98. The quantitative estimate of drug-likeness (QED) is 0.384. The van der Waals surface area contributed by atoms with Gasteiger partial charge in [0, 0.05) is 58.0 Å². The monoisotopic (exact) mass is 616 g/mol. The van der Waals surface area contributed by atoms with Crippen molar-refractivity contribution >= 4 is 44.1 Å². The Balaban J connectivity index is 1.56. The Morgan fingerprint density at radius 2 is 1.89 bits per heavy atom. The van der Waals surface area contributed by atoms with Gasteiger partial charge in [0.1, 0.15) is 5.60 Å². The maximum absolute atomic E-state index is 13.8. The minimum atomic E-state index is -2.62. The van der Waals surface area contributed by atoms with Crippen LogP contribution in [0.25, 0.3) is 0 Å². The Morgan fingerprint density at radius 1 is 1.18 bits per heavy atom. The van der Waals surface area contributed by atoms with Crippen LogP contribution in [0.4, 0.5) is 25.1 Å². The first kappa shape index (κ1) is 27.7. The number of ether oxygens (including phenoxy) is 1. The minimum absolute atomic E-state index is 0.0105. The number of halogens is 3. The van der Waals surface area contributed by atoms with Gasteiger partial charge in [-0.05, 0) is 64.2 Å². The molecule has 0 unspecified atom stereocenters. The number of carbonyl (C=O) groups is 1. The van der Waals surface area contributed by atoms with Crippen molar-refractivity contribution in [3.63, 3.8) is 0 Å². The van der Waals surface area contributed by atoms with E-state index in [0.29, 0.717) is 60.7 Å². The number of amides is 1. The molecule has 4 heterocycles. The van der Waals surface area contributed by atoms with E-state index in [1.807, 2.05) is 30.4 Å². The standard InChI is InChI=1S/C26H35BrF2N4O4S/c1-26(2,3)37-25(34)31-10-6-21-19(15-31)24(30-33(21)17-7-11-38(35,36)12-8-17)32-9-4-5-16-13-20(27)18(23(28)29)14-22(16)32/h13-14,17,23,35-36H,4-12,15H2,1-3H3. The fourth-order valence-electron chi connectivity index (χ4n) is 5.58. The highest BCUT2D eigenvalue weighted by atomic mass is 79.9. The lowest BCUT2D eigenvalue weighted by molar-refractivity contribution is 0.0222. The van der Waals surface area contributed by atoms with Crippen molar-refractivity contribution in [1.82, 2.24) is 14.7 Å². The topological polar surface area (TPSA) is 91.1 Å². The number of fused-ring (bicyclic) bond motifs is 2. The van der Waals surface area contributed by atoms with Gasteiger partial charge in [-0.1, -0.05) is 15.9 Å². The van der Waals surface area contributed by atoms with Gasteiger partial charge in [0.2, 0.25) is 0 Å². The Morgan fingerprint density at radius 3 is 2.55 bits per heavy atom. The summed E-state index contributed by atoms with van der Waals surface area (Å²) in [6.45, 7) is 6.92. The highest BCUT2D eigenvalue weighted by molar-refractivity contribution is 9.10. The zero-order valence-corrected chi connectivity index (χ0v) is 24.3. The molecule has 0 aliphatic carbocycles. The summed E-state index contributed by atoms with van der Waals surface area (Å²) in [5, 5.41) is 5.06. The van der Waals surface area contributed by atoms with E-state index in [1.54, 1.807) is 17.0 Å². The van der Waals surface area contributed by atoms with Crippen molar-refractivity contribution in [2.24, 2.45) is 0 Å². The molecule has 0 spiro atoms. The lowest BCUT2D eigenvalue weighted by Gasteiger charge is -2.39. The number of benzene rings is 1. The molecule has 3 aliphatic rings. The SMILES string of the molecule is CC(C)(C)OC(=O)N1CCc2c(c(N3CCCc4cc(Br)c(C(F)F)cc43)nn2C2CCS(O)(O)CC2)C1. The van der Waals surface area contributed by atoms with Crippen LogP contribution in [0.15, 0.2) is 16.6 Å². The molecule has 1 aromatic heterocycles. The molecule has 210 valence electrons. The molecule has 3 aliphatic heterocycles.